The molecule has 1 aromatic rings. The second kappa shape index (κ2) is 5.70. The molecule has 2 N–H and O–H groups in total. The quantitative estimate of drug-likeness (QED) is 0.847. The number of anilines is 1. The van der Waals surface area contributed by atoms with Crippen molar-refractivity contribution in [3.63, 3.8) is 0 Å². The Morgan fingerprint density at radius 1 is 1.59 bits per heavy atom. The number of amides is 1. The second-order valence-electron chi connectivity index (χ2n) is 4.67. The van der Waals surface area contributed by atoms with E-state index in [1.807, 2.05) is 6.92 Å². The highest BCUT2D eigenvalue weighted by Crippen LogP contribution is 2.13. The van der Waals surface area contributed by atoms with Crippen LogP contribution in [0.5, 0.6) is 0 Å². The number of aromatic nitrogens is 2. The first-order chi connectivity index (χ1) is 7.97. The molecule has 0 aliphatic heterocycles. The molecule has 0 aliphatic rings. The molecule has 0 aromatic carbocycles. The summed E-state index contributed by atoms with van der Waals surface area (Å²) in [5, 5.41) is 4.08. The van der Waals surface area contributed by atoms with Crippen LogP contribution in [0.3, 0.4) is 0 Å². The zero-order valence-electron chi connectivity index (χ0n) is 11.1. The molecule has 1 heterocycles. The Hall–Kier alpha value is -1.52. The van der Waals surface area contributed by atoms with Gasteiger partial charge in [0.15, 0.2) is 0 Å². The van der Waals surface area contributed by atoms with E-state index in [0.717, 1.165) is 13.0 Å². The van der Waals surface area contributed by atoms with Gasteiger partial charge in [0, 0.05) is 20.1 Å². The van der Waals surface area contributed by atoms with E-state index in [0.29, 0.717) is 23.8 Å². The molecule has 5 nitrogen and oxygen atoms in total. The summed E-state index contributed by atoms with van der Waals surface area (Å²) in [4.78, 5) is 13.9. The summed E-state index contributed by atoms with van der Waals surface area (Å²) in [6, 6.07) is 0. The van der Waals surface area contributed by atoms with Crippen LogP contribution in [-0.4, -0.2) is 34.2 Å². The standard InChI is InChI=1S/C12H22N4O/c1-5-16-11(10(13)8-14-16)12(17)15(4)7-6-9(2)3/h8-9H,5-7,13H2,1-4H3. The van der Waals surface area contributed by atoms with E-state index in [4.69, 9.17) is 5.73 Å². The number of rotatable bonds is 5. The summed E-state index contributed by atoms with van der Waals surface area (Å²) < 4.78 is 1.64. The summed E-state index contributed by atoms with van der Waals surface area (Å²) in [5.41, 5.74) is 6.73. The Balaban J connectivity index is 2.77. The Morgan fingerprint density at radius 2 is 2.24 bits per heavy atom. The highest BCUT2D eigenvalue weighted by atomic mass is 16.2. The average Bonchev–Trinajstić information content (AvgIpc) is 2.66. The molecule has 0 spiro atoms. The number of nitrogens with two attached hydrogens (primary N) is 1. The summed E-state index contributed by atoms with van der Waals surface area (Å²) in [6.45, 7) is 7.62. The minimum atomic E-state index is -0.0532. The maximum absolute atomic E-state index is 12.2. The van der Waals surface area contributed by atoms with E-state index in [9.17, 15) is 4.79 Å². The molecule has 96 valence electrons. The summed E-state index contributed by atoms with van der Waals surface area (Å²) >= 11 is 0. The van der Waals surface area contributed by atoms with E-state index in [2.05, 4.69) is 18.9 Å². The fourth-order valence-electron chi connectivity index (χ4n) is 1.61. The van der Waals surface area contributed by atoms with Crippen LogP contribution in [0.2, 0.25) is 0 Å². The fourth-order valence-corrected chi connectivity index (χ4v) is 1.61. The molecule has 1 aromatic heterocycles. The molecule has 0 unspecified atom stereocenters. The zero-order chi connectivity index (χ0) is 13.0. The smallest absolute Gasteiger partial charge is 0.274 e. The van der Waals surface area contributed by atoms with Crippen LogP contribution < -0.4 is 5.73 Å². The minimum absolute atomic E-state index is 0.0532. The molecule has 0 bridgehead atoms. The van der Waals surface area contributed by atoms with E-state index >= 15 is 0 Å². The number of hydrogen-bond donors (Lipinski definition) is 1. The largest absolute Gasteiger partial charge is 0.396 e. The molecule has 1 amide bonds. The van der Waals surface area contributed by atoms with Gasteiger partial charge in [-0.05, 0) is 19.3 Å². The molecule has 1 rings (SSSR count). The van der Waals surface area contributed by atoms with Gasteiger partial charge in [0.2, 0.25) is 0 Å². The Labute approximate surface area is 103 Å². The normalized spacial score (nSPS) is 10.9. The van der Waals surface area contributed by atoms with Crippen LogP contribution >= 0.6 is 0 Å². The third-order valence-corrected chi connectivity index (χ3v) is 2.76. The summed E-state index contributed by atoms with van der Waals surface area (Å²) in [5.74, 6) is 0.529. The van der Waals surface area contributed by atoms with Crippen LogP contribution in [0.1, 0.15) is 37.7 Å². The lowest BCUT2D eigenvalue weighted by Gasteiger charge is -2.19. The molecule has 0 aliphatic carbocycles. The lowest BCUT2D eigenvalue weighted by molar-refractivity contribution is 0.0778. The molecular formula is C12H22N4O. The molecule has 0 saturated heterocycles. The van der Waals surface area contributed by atoms with Gasteiger partial charge in [-0.15, -0.1) is 0 Å². The first-order valence-electron chi connectivity index (χ1n) is 6.04. The van der Waals surface area contributed by atoms with Crippen LogP contribution in [0.15, 0.2) is 6.20 Å². The van der Waals surface area contributed by atoms with Gasteiger partial charge in [-0.1, -0.05) is 13.8 Å². The molecule has 0 radical (unpaired) electrons. The van der Waals surface area contributed by atoms with E-state index in [1.165, 1.54) is 6.20 Å². The van der Waals surface area contributed by atoms with Crippen molar-refractivity contribution in [2.24, 2.45) is 5.92 Å². The highest BCUT2D eigenvalue weighted by Gasteiger charge is 2.19. The van der Waals surface area contributed by atoms with Crippen molar-refractivity contribution in [2.75, 3.05) is 19.3 Å². The fraction of sp³-hybridized carbons (Fsp3) is 0.667. The number of nitrogen functional groups attached to an aromatic ring is 1. The second-order valence-corrected chi connectivity index (χ2v) is 4.67. The zero-order valence-corrected chi connectivity index (χ0v) is 11.1. The first kappa shape index (κ1) is 13.5. The molecule has 0 saturated carbocycles. The maximum Gasteiger partial charge on any atom is 0.274 e. The van der Waals surface area contributed by atoms with E-state index in [1.54, 1.807) is 16.6 Å². The monoisotopic (exact) mass is 238 g/mol. The number of aryl methyl sites for hydroxylation is 1. The van der Waals surface area contributed by atoms with Crippen LogP contribution in [-0.2, 0) is 6.54 Å². The van der Waals surface area contributed by atoms with Crippen molar-refractivity contribution in [2.45, 2.75) is 33.7 Å². The predicted molar refractivity (Wildman–Crippen MR) is 68.7 cm³/mol. The minimum Gasteiger partial charge on any atom is -0.396 e. The van der Waals surface area contributed by atoms with Gasteiger partial charge >= 0.3 is 0 Å². The molecular weight excluding hydrogens is 216 g/mol. The summed E-state index contributed by atoms with van der Waals surface area (Å²) in [6.07, 6.45) is 2.52. The maximum atomic E-state index is 12.2. The third-order valence-electron chi connectivity index (χ3n) is 2.76. The van der Waals surface area contributed by atoms with Crippen molar-refractivity contribution in [3.05, 3.63) is 11.9 Å². The number of carbonyl (C=O) groups excluding carboxylic acids is 1. The van der Waals surface area contributed by atoms with Crippen molar-refractivity contribution in [1.29, 1.82) is 0 Å². The number of nitrogens with zero attached hydrogens (tertiary/aromatic N) is 3. The SMILES string of the molecule is CCn1ncc(N)c1C(=O)N(C)CCC(C)C. The first-order valence-corrected chi connectivity index (χ1v) is 6.04. The highest BCUT2D eigenvalue weighted by molar-refractivity contribution is 5.97. The van der Waals surface area contributed by atoms with Gasteiger partial charge in [0.1, 0.15) is 5.69 Å². The number of hydrogen-bond acceptors (Lipinski definition) is 3. The van der Waals surface area contributed by atoms with Crippen molar-refractivity contribution < 1.29 is 4.79 Å². The third kappa shape index (κ3) is 3.22. The number of carbonyl (C=O) groups is 1. The lowest BCUT2D eigenvalue weighted by atomic mass is 10.1. The molecule has 0 fully saturated rings. The van der Waals surface area contributed by atoms with Gasteiger partial charge in [-0.2, -0.15) is 5.10 Å². The van der Waals surface area contributed by atoms with Gasteiger partial charge < -0.3 is 10.6 Å². The van der Waals surface area contributed by atoms with Crippen LogP contribution in [0, 0.1) is 5.92 Å². The molecule has 5 heteroatoms. The predicted octanol–water partition coefficient (Wildman–Crippen LogP) is 1.60. The Bertz CT molecular complexity index is 384. The van der Waals surface area contributed by atoms with Gasteiger partial charge in [0.05, 0.1) is 11.9 Å². The van der Waals surface area contributed by atoms with Crippen LogP contribution in [0.25, 0.3) is 0 Å². The van der Waals surface area contributed by atoms with Crippen molar-refractivity contribution >= 4 is 11.6 Å². The summed E-state index contributed by atoms with van der Waals surface area (Å²) in [7, 11) is 1.80. The topological polar surface area (TPSA) is 64.2 Å². The Kier molecular flexibility index (Phi) is 4.54. The Morgan fingerprint density at radius 3 is 2.76 bits per heavy atom. The van der Waals surface area contributed by atoms with Crippen molar-refractivity contribution in [3.8, 4) is 0 Å². The average molecular weight is 238 g/mol. The van der Waals surface area contributed by atoms with E-state index < -0.39 is 0 Å². The van der Waals surface area contributed by atoms with E-state index in [-0.39, 0.29) is 5.91 Å². The van der Waals surface area contributed by atoms with Crippen LogP contribution in [0.4, 0.5) is 5.69 Å². The molecule has 17 heavy (non-hydrogen) atoms. The van der Waals surface area contributed by atoms with Gasteiger partial charge in [-0.25, -0.2) is 0 Å². The lowest BCUT2D eigenvalue weighted by Crippen LogP contribution is -2.31. The van der Waals surface area contributed by atoms with Crippen molar-refractivity contribution in [1.82, 2.24) is 14.7 Å². The molecule has 0 atom stereocenters. The van der Waals surface area contributed by atoms with Gasteiger partial charge in [0.25, 0.3) is 5.91 Å². The van der Waals surface area contributed by atoms with Gasteiger partial charge in [-0.3, -0.25) is 9.48 Å².